The average Bonchev–Trinajstić information content (AvgIpc) is 2.83. The van der Waals surface area contributed by atoms with Crippen molar-refractivity contribution in [3.63, 3.8) is 0 Å². The summed E-state index contributed by atoms with van der Waals surface area (Å²) in [5, 5.41) is 5.26. The second-order valence-electron chi connectivity index (χ2n) is 7.96. The molecule has 2 aliphatic rings. The number of anilines is 1. The topological polar surface area (TPSA) is 103 Å². The number of carbonyl (C=O) groups excluding carboxylic acids is 3. The summed E-state index contributed by atoms with van der Waals surface area (Å²) in [6.45, 7) is 2.85. The average molecular weight is 450 g/mol. The van der Waals surface area contributed by atoms with E-state index in [-0.39, 0.29) is 17.7 Å². The highest BCUT2D eigenvalue weighted by molar-refractivity contribution is 6.04. The zero-order chi connectivity index (χ0) is 23.4. The lowest BCUT2D eigenvalue weighted by Gasteiger charge is -2.35. The van der Waals surface area contributed by atoms with Gasteiger partial charge >= 0.3 is 0 Å². The summed E-state index contributed by atoms with van der Waals surface area (Å²) in [5.41, 5.74) is 1.44. The molecule has 8 heteroatoms. The Bertz CT molecular complexity index is 1090. The van der Waals surface area contributed by atoms with Crippen LogP contribution in [0.5, 0.6) is 17.2 Å². The molecule has 8 nitrogen and oxygen atoms in total. The van der Waals surface area contributed by atoms with E-state index in [1.807, 2.05) is 19.1 Å². The van der Waals surface area contributed by atoms with Crippen molar-refractivity contribution in [2.75, 3.05) is 25.6 Å². The smallest absolute Gasteiger partial charge is 0.248 e. The SMILES string of the molecule is CCC1(c2ccc(NC(=O)/C=C/c3cc(OC)c4c(c3)OCCO4)cc2)CCC(=O)NC1=O. The van der Waals surface area contributed by atoms with Crippen LogP contribution in [0.2, 0.25) is 0 Å². The van der Waals surface area contributed by atoms with E-state index in [1.54, 1.807) is 37.5 Å². The molecule has 2 aromatic carbocycles. The Morgan fingerprint density at radius 2 is 1.94 bits per heavy atom. The second kappa shape index (κ2) is 9.36. The van der Waals surface area contributed by atoms with Crippen LogP contribution in [0, 0.1) is 0 Å². The number of piperidine rings is 1. The molecule has 2 aromatic rings. The van der Waals surface area contributed by atoms with E-state index in [2.05, 4.69) is 10.6 Å². The maximum atomic E-state index is 12.5. The molecule has 0 aliphatic carbocycles. The van der Waals surface area contributed by atoms with Gasteiger partial charge in [-0.15, -0.1) is 0 Å². The number of benzene rings is 2. The summed E-state index contributed by atoms with van der Waals surface area (Å²) in [6, 6.07) is 10.7. The third kappa shape index (κ3) is 4.55. The van der Waals surface area contributed by atoms with Gasteiger partial charge in [0.25, 0.3) is 0 Å². The van der Waals surface area contributed by atoms with E-state index < -0.39 is 5.41 Å². The Labute approximate surface area is 191 Å². The first-order valence-electron chi connectivity index (χ1n) is 10.9. The van der Waals surface area contributed by atoms with E-state index in [1.165, 1.54) is 6.08 Å². The van der Waals surface area contributed by atoms with Crippen molar-refractivity contribution >= 4 is 29.5 Å². The highest BCUT2D eigenvalue weighted by atomic mass is 16.6. The monoisotopic (exact) mass is 450 g/mol. The number of fused-ring (bicyclic) bond motifs is 1. The van der Waals surface area contributed by atoms with Crippen molar-refractivity contribution in [3.05, 3.63) is 53.6 Å². The zero-order valence-corrected chi connectivity index (χ0v) is 18.6. The fraction of sp³-hybridized carbons (Fsp3) is 0.320. The fourth-order valence-electron chi connectivity index (χ4n) is 4.18. The number of imide groups is 1. The highest BCUT2D eigenvalue weighted by Crippen LogP contribution is 2.40. The van der Waals surface area contributed by atoms with E-state index in [4.69, 9.17) is 14.2 Å². The van der Waals surface area contributed by atoms with Gasteiger partial charge in [-0.1, -0.05) is 19.1 Å². The van der Waals surface area contributed by atoms with Gasteiger partial charge in [0.15, 0.2) is 11.5 Å². The molecular weight excluding hydrogens is 424 g/mol. The van der Waals surface area contributed by atoms with E-state index in [9.17, 15) is 14.4 Å². The van der Waals surface area contributed by atoms with Gasteiger partial charge in [0.1, 0.15) is 13.2 Å². The maximum absolute atomic E-state index is 12.5. The van der Waals surface area contributed by atoms with Crippen LogP contribution in [0.15, 0.2) is 42.5 Å². The molecule has 1 saturated heterocycles. The number of amides is 3. The summed E-state index contributed by atoms with van der Waals surface area (Å²) >= 11 is 0. The minimum Gasteiger partial charge on any atom is -0.493 e. The highest BCUT2D eigenvalue weighted by Gasteiger charge is 2.42. The van der Waals surface area contributed by atoms with Crippen LogP contribution in [0.1, 0.15) is 37.3 Å². The molecule has 1 fully saturated rings. The summed E-state index contributed by atoms with van der Waals surface area (Å²) in [4.78, 5) is 36.5. The number of nitrogens with one attached hydrogen (secondary N) is 2. The number of ether oxygens (including phenoxy) is 3. The van der Waals surface area contributed by atoms with Gasteiger partial charge in [-0.25, -0.2) is 0 Å². The Morgan fingerprint density at radius 3 is 2.64 bits per heavy atom. The molecule has 0 radical (unpaired) electrons. The molecule has 0 saturated carbocycles. The van der Waals surface area contributed by atoms with Gasteiger partial charge in [-0.2, -0.15) is 0 Å². The fourth-order valence-corrected chi connectivity index (χ4v) is 4.18. The van der Waals surface area contributed by atoms with Crippen molar-refractivity contribution < 1.29 is 28.6 Å². The molecule has 4 rings (SSSR count). The van der Waals surface area contributed by atoms with Gasteiger partial charge in [0.2, 0.25) is 23.5 Å². The van der Waals surface area contributed by atoms with Gasteiger partial charge in [0.05, 0.1) is 12.5 Å². The normalized spacial score (nSPS) is 19.8. The number of hydrogen-bond acceptors (Lipinski definition) is 6. The molecule has 33 heavy (non-hydrogen) atoms. The van der Waals surface area contributed by atoms with Crippen LogP contribution in [0.4, 0.5) is 5.69 Å². The lowest BCUT2D eigenvalue weighted by molar-refractivity contribution is -0.138. The van der Waals surface area contributed by atoms with Crippen LogP contribution in [0.25, 0.3) is 6.08 Å². The molecular formula is C25H26N2O6. The van der Waals surface area contributed by atoms with Crippen molar-refractivity contribution in [1.29, 1.82) is 0 Å². The first-order chi connectivity index (χ1) is 15.9. The minimum atomic E-state index is -0.729. The summed E-state index contributed by atoms with van der Waals surface area (Å²) in [6.07, 6.45) is 4.46. The van der Waals surface area contributed by atoms with Crippen LogP contribution in [-0.4, -0.2) is 38.0 Å². The first-order valence-corrected chi connectivity index (χ1v) is 10.9. The Morgan fingerprint density at radius 1 is 1.18 bits per heavy atom. The Balaban J connectivity index is 1.45. The second-order valence-corrected chi connectivity index (χ2v) is 7.96. The van der Waals surface area contributed by atoms with Crippen molar-refractivity contribution in [2.45, 2.75) is 31.6 Å². The van der Waals surface area contributed by atoms with Crippen molar-refractivity contribution in [3.8, 4) is 17.2 Å². The molecule has 1 atom stereocenters. The summed E-state index contributed by atoms with van der Waals surface area (Å²) < 4.78 is 16.6. The molecule has 172 valence electrons. The molecule has 0 spiro atoms. The molecule has 3 amide bonds. The predicted octanol–water partition coefficient (Wildman–Crippen LogP) is 3.20. The first kappa shape index (κ1) is 22.4. The number of hydrogen-bond donors (Lipinski definition) is 2. The van der Waals surface area contributed by atoms with E-state index >= 15 is 0 Å². The predicted molar refractivity (Wildman–Crippen MR) is 122 cm³/mol. The van der Waals surface area contributed by atoms with Gasteiger partial charge in [-0.3, -0.25) is 19.7 Å². The van der Waals surface area contributed by atoms with Crippen LogP contribution >= 0.6 is 0 Å². The van der Waals surface area contributed by atoms with Gasteiger partial charge < -0.3 is 19.5 Å². The molecule has 2 N–H and O–H groups in total. The zero-order valence-electron chi connectivity index (χ0n) is 18.6. The van der Waals surface area contributed by atoms with Crippen LogP contribution in [0.3, 0.4) is 0 Å². The largest absolute Gasteiger partial charge is 0.493 e. The third-order valence-corrected chi connectivity index (χ3v) is 6.05. The number of carbonyl (C=O) groups is 3. The van der Waals surface area contributed by atoms with E-state index in [0.717, 1.165) is 11.1 Å². The van der Waals surface area contributed by atoms with Crippen molar-refractivity contribution in [1.82, 2.24) is 5.32 Å². The lowest BCUT2D eigenvalue weighted by atomic mass is 9.72. The molecule has 0 bridgehead atoms. The standard InChI is InChI=1S/C25H26N2O6/c1-3-25(11-10-22(29)27-24(25)30)17-5-7-18(8-6-17)26-21(28)9-4-16-14-19(31-2)23-20(15-16)32-12-13-33-23/h4-9,14-15H,3,10-13H2,1-2H3,(H,26,28)(H,27,29,30)/b9-4+. The Hall–Kier alpha value is -3.81. The van der Waals surface area contributed by atoms with Crippen LogP contribution in [-0.2, 0) is 19.8 Å². The summed E-state index contributed by atoms with van der Waals surface area (Å²) in [5.74, 6) is 0.871. The number of rotatable bonds is 6. The molecule has 2 aliphatic heterocycles. The van der Waals surface area contributed by atoms with Crippen LogP contribution < -0.4 is 24.8 Å². The van der Waals surface area contributed by atoms with Crippen molar-refractivity contribution in [2.24, 2.45) is 0 Å². The summed E-state index contributed by atoms with van der Waals surface area (Å²) in [7, 11) is 1.55. The lowest BCUT2D eigenvalue weighted by Crippen LogP contribution is -2.51. The van der Waals surface area contributed by atoms with E-state index in [0.29, 0.717) is 55.4 Å². The number of methoxy groups -OCH3 is 1. The van der Waals surface area contributed by atoms with Gasteiger partial charge in [-0.05, 0) is 54.3 Å². The maximum Gasteiger partial charge on any atom is 0.248 e. The molecule has 0 aromatic heterocycles. The quantitative estimate of drug-likeness (QED) is 0.518. The Kier molecular flexibility index (Phi) is 6.35. The molecule has 2 heterocycles. The minimum absolute atomic E-state index is 0.240. The third-order valence-electron chi connectivity index (χ3n) is 6.05. The van der Waals surface area contributed by atoms with Gasteiger partial charge in [0, 0.05) is 18.2 Å². The molecule has 1 unspecified atom stereocenters.